The van der Waals surface area contributed by atoms with Crippen LogP contribution in [-0.2, 0) is 4.79 Å². The molecule has 1 aromatic carbocycles. The average molecular weight is 313 g/mol. The van der Waals surface area contributed by atoms with Gasteiger partial charge in [-0.2, -0.15) is 0 Å². The number of carbonyl (C=O) groups is 1. The molecule has 0 radical (unpaired) electrons. The summed E-state index contributed by atoms with van der Waals surface area (Å²) in [7, 11) is 0. The van der Waals surface area contributed by atoms with Gasteiger partial charge in [-0.1, -0.05) is 39.1 Å². The second kappa shape index (κ2) is 5.05. The number of phenolic OH excluding ortho intramolecular Hbond substituents is 1. The lowest BCUT2D eigenvalue weighted by molar-refractivity contribution is -0.115. The maximum Gasteiger partial charge on any atom is 0.237 e. The highest BCUT2D eigenvalue weighted by atomic mass is 79.9. The quantitative estimate of drug-likeness (QED) is 0.649. The van der Waals surface area contributed by atoms with E-state index in [1.54, 1.807) is 6.92 Å². The van der Waals surface area contributed by atoms with Crippen molar-refractivity contribution in [3.8, 4) is 5.75 Å². The molecule has 1 unspecified atom stereocenters. The summed E-state index contributed by atoms with van der Waals surface area (Å²) in [6, 6.07) is 2.85. The van der Waals surface area contributed by atoms with Gasteiger partial charge >= 0.3 is 0 Å². The summed E-state index contributed by atoms with van der Waals surface area (Å²) >= 11 is 14.5. The first-order valence-corrected chi connectivity index (χ1v) is 5.72. The molecular weight excluding hydrogens is 305 g/mol. The first-order valence-electron chi connectivity index (χ1n) is 4.04. The van der Waals surface area contributed by atoms with Crippen molar-refractivity contribution in [3.05, 3.63) is 22.2 Å². The molecule has 1 atom stereocenters. The number of phenols is 1. The van der Waals surface area contributed by atoms with Crippen LogP contribution < -0.4 is 5.32 Å². The predicted octanol–water partition coefficient (Wildman–Crippen LogP) is 3.42. The van der Waals surface area contributed by atoms with E-state index >= 15 is 0 Å². The third-order valence-electron chi connectivity index (χ3n) is 1.65. The van der Waals surface area contributed by atoms with Gasteiger partial charge in [0, 0.05) is 5.69 Å². The van der Waals surface area contributed by atoms with E-state index in [-0.39, 0.29) is 26.5 Å². The number of nitrogens with one attached hydrogen (secondary N) is 1. The molecule has 0 spiro atoms. The number of carbonyl (C=O) groups excluding carboxylic acids is 1. The Morgan fingerprint density at radius 2 is 1.93 bits per heavy atom. The molecule has 0 bridgehead atoms. The van der Waals surface area contributed by atoms with E-state index in [1.165, 1.54) is 12.1 Å². The van der Waals surface area contributed by atoms with Crippen LogP contribution in [0.15, 0.2) is 12.1 Å². The predicted molar refractivity (Wildman–Crippen MR) is 65.1 cm³/mol. The lowest BCUT2D eigenvalue weighted by atomic mass is 10.3. The van der Waals surface area contributed by atoms with Gasteiger partial charge in [0.2, 0.25) is 5.91 Å². The molecule has 0 aliphatic rings. The normalized spacial score (nSPS) is 12.3. The van der Waals surface area contributed by atoms with E-state index in [2.05, 4.69) is 21.2 Å². The molecular formula is C9H8BrCl2NO2. The summed E-state index contributed by atoms with van der Waals surface area (Å²) in [5, 5.41) is 12.1. The van der Waals surface area contributed by atoms with Crippen LogP contribution in [-0.4, -0.2) is 15.8 Å². The number of anilines is 1. The van der Waals surface area contributed by atoms with Crippen LogP contribution in [0.4, 0.5) is 5.69 Å². The standard InChI is InChI=1S/C9H8BrCl2NO2/c1-4(10)9(15)13-5-2-6(11)8(14)7(12)3-5/h2-4,14H,1H3,(H,13,15). The van der Waals surface area contributed by atoms with Crippen molar-refractivity contribution >= 4 is 50.7 Å². The molecule has 15 heavy (non-hydrogen) atoms. The third-order valence-corrected chi connectivity index (χ3v) is 2.64. The zero-order chi connectivity index (χ0) is 11.6. The molecule has 0 aromatic heterocycles. The number of alkyl halides is 1. The molecule has 3 nitrogen and oxygen atoms in total. The maximum atomic E-state index is 11.3. The van der Waals surface area contributed by atoms with Crippen molar-refractivity contribution in [1.82, 2.24) is 0 Å². The molecule has 1 amide bonds. The number of hydrogen-bond acceptors (Lipinski definition) is 2. The largest absolute Gasteiger partial charge is 0.505 e. The monoisotopic (exact) mass is 311 g/mol. The smallest absolute Gasteiger partial charge is 0.237 e. The lowest BCUT2D eigenvalue weighted by Gasteiger charge is -2.08. The Bertz CT molecular complexity index is 373. The number of amides is 1. The van der Waals surface area contributed by atoms with Crippen LogP contribution in [0.5, 0.6) is 5.75 Å². The van der Waals surface area contributed by atoms with E-state index in [0.29, 0.717) is 5.69 Å². The topological polar surface area (TPSA) is 49.3 Å². The van der Waals surface area contributed by atoms with Crippen LogP contribution in [0.2, 0.25) is 10.0 Å². The first kappa shape index (κ1) is 12.6. The Hall–Kier alpha value is -0.450. The Morgan fingerprint density at radius 3 is 2.33 bits per heavy atom. The summed E-state index contributed by atoms with van der Waals surface area (Å²) in [4.78, 5) is 11.0. The minimum Gasteiger partial charge on any atom is -0.505 e. The molecule has 82 valence electrons. The minimum absolute atomic E-state index is 0.0972. The number of benzene rings is 1. The molecule has 1 rings (SSSR count). The fraction of sp³-hybridized carbons (Fsp3) is 0.222. The average Bonchev–Trinajstić information content (AvgIpc) is 2.13. The molecule has 0 heterocycles. The van der Waals surface area contributed by atoms with E-state index in [1.807, 2.05) is 0 Å². The molecule has 0 saturated heterocycles. The first-order chi connectivity index (χ1) is 6.91. The second-order valence-corrected chi connectivity index (χ2v) is 5.08. The van der Waals surface area contributed by atoms with Gasteiger partial charge in [-0.15, -0.1) is 0 Å². The highest BCUT2D eigenvalue weighted by Gasteiger charge is 2.11. The molecule has 2 N–H and O–H groups in total. The van der Waals surface area contributed by atoms with Crippen molar-refractivity contribution in [1.29, 1.82) is 0 Å². The zero-order valence-electron chi connectivity index (χ0n) is 7.72. The Morgan fingerprint density at radius 1 is 1.47 bits per heavy atom. The fourth-order valence-corrected chi connectivity index (χ4v) is 1.48. The van der Waals surface area contributed by atoms with Crippen molar-refractivity contribution in [2.75, 3.05) is 5.32 Å². The summed E-state index contributed by atoms with van der Waals surface area (Å²) in [5.74, 6) is -0.406. The summed E-state index contributed by atoms with van der Waals surface area (Å²) in [5.41, 5.74) is 0.444. The van der Waals surface area contributed by atoms with Gasteiger partial charge in [0.25, 0.3) is 0 Å². The van der Waals surface area contributed by atoms with Crippen molar-refractivity contribution in [2.45, 2.75) is 11.8 Å². The molecule has 0 aliphatic carbocycles. The van der Waals surface area contributed by atoms with Crippen LogP contribution in [0, 0.1) is 0 Å². The van der Waals surface area contributed by atoms with Crippen molar-refractivity contribution < 1.29 is 9.90 Å². The summed E-state index contributed by atoms with van der Waals surface area (Å²) in [6.45, 7) is 1.69. The van der Waals surface area contributed by atoms with Crippen LogP contribution in [0.3, 0.4) is 0 Å². The van der Waals surface area contributed by atoms with Crippen LogP contribution in [0.25, 0.3) is 0 Å². The molecule has 0 aliphatic heterocycles. The fourth-order valence-electron chi connectivity index (χ4n) is 0.879. The number of rotatable bonds is 2. The number of hydrogen-bond donors (Lipinski definition) is 2. The second-order valence-electron chi connectivity index (χ2n) is 2.89. The molecule has 0 fully saturated rings. The van der Waals surface area contributed by atoms with E-state index in [9.17, 15) is 9.90 Å². The Balaban J connectivity index is 2.93. The van der Waals surface area contributed by atoms with Crippen LogP contribution >= 0.6 is 39.1 Å². The summed E-state index contributed by atoms with van der Waals surface area (Å²) in [6.07, 6.45) is 0. The highest BCUT2D eigenvalue weighted by Crippen LogP contribution is 2.34. The minimum atomic E-state index is -0.316. The van der Waals surface area contributed by atoms with Crippen molar-refractivity contribution in [3.63, 3.8) is 0 Å². The van der Waals surface area contributed by atoms with Gasteiger partial charge < -0.3 is 10.4 Å². The van der Waals surface area contributed by atoms with Gasteiger partial charge in [0.05, 0.1) is 14.9 Å². The SMILES string of the molecule is CC(Br)C(=O)Nc1cc(Cl)c(O)c(Cl)c1. The van der Waals surface area contributed by atoms with Gasteiger partial charge in [-0.25, -0.2) is 0 Å². The zero-order valence-corrected chi connectivity index (χ0v) is 10.8. The van der Waals surface area contributed by atoms with Gasteiger partial charge in [-0.3, -0.25) is 4.79 Å². The molecule has 0 saturated carbocycles. The van der Waals surface area contributed by atoms with Gasteiger partial charge in [0.1, 0.15) is 0 Å². The maximum absolute atomic E-state index is 11.3. The van der Waals surface area contributed by atoms with Gasteiger partial charge in [-0.05, 0) is 19.1 Å². The van der Waals surface area contributed by atoms with E-state index < -0.39 is 0 Å². The highest BCUT2D eigenvalue weighted by molar-refractivity contribution is 9.10. The van der Waals surface area contributed by atoms with E-state index in [4.69, 9.17) is 23.2 Å². The van der Waals surface area contributed by atoms with E-state index in [0.717, 1.165) is 0 Å². The Labute approximate surface area is 106 Å². The molecule has 6 heteroatoms. The lowest BCUT2D eigenvalue weighted by Crippen LogP contribution is -2.19. The van der Waals surface area contributed by atoms with Gasteiger partial charge in [0.15, 0.2) is 5.75 Å². The molecule has 1 aromatic rings. The number of aromatic hydroxyl groups is 1. The van der Waals surface area contributed by atoms with Crippen LogP contribution in [0.1, 0.15) is 6.92 Å². The number of halogens is 3. The van der Waals surface area contributed by atoms with Crippen molar-refractivity contribution in [2.24, 2.45) is 0 Å². The third kappa shape index (κ3) is 3.26. The Kier molecular flexibility index (Phi) is 4.25. The summed E-state index contributed by atoms with van der Waals surface area (Å²) < 4.78 is 0.